The van der Waals surface area contributed by atoms with Gasteiger partial charge in [0.05, 0.1) is 14.2 Å². The Morgan fingerprint density at radius 3 is 2.47 bits per heavy atom. The van der Waals surface area contributed by atoms with Crippen molar-refractivity contribution in [2.75, 3.05) is 26.2 Å². The molecule has 0 saturated carbocycles. The number of nitrogens with zero attached hydrogens (tertiary/aromatic N) is 1. The molecular weight excluding hydrogens is 652 g/mol. The maximum atomic E-state index is 13.4. The first-order valence-corrected chi connectivity index (χ1v) is 17.9. The lowest BCUT2D eigenvalue weighted by molar-refractivity contribution is -0.124. The van der Waals surface area contributed by atoms with Crippen LogP contribution in [-0.2, 0) is 14.8 Å². The molecule has 2 aliphatic heterocycles. The molecule has 3 N–H and O–H groups in total. The molecule has 0 spiro atoms. The van der Waals surface area contributed by atoms with Crippen LogP contribution in [0.15, 0.2) is 57.9 Å². The van der Waals surface area contributed by atoms with E-state index in [1.54, 1.807) is 18.2 Å². The SMILES string of the molecule is CC(C)CC(NC(=O)c1cc2ccccc2s1)C(=O)NC1CCN(S(=O)(=O)c2ccc(OC3CCNCC3)c(Br)c2)CC1. The van der Waals surface area contributed by atoms with E-state index in [4.69, 9.17) is 4.74 Å². The molecule has 2 fully saturated rings. The van der Waals surface area contributed by atoms with Crippen LogP contribution >= 0.6 is 27.3 Å². The molecule has 5 rings (SSSR count). The summed E-state index contributed by atoms with van der Waals surface area (Å²) < 4.78 is 36.1. The summed E-state index contributed by atoms with van der Waals surface area (Å²) in [6, 6.07) is 13.7. The molecule has 232 valence electrons. The molecule has 1 atom stereocenters. The Hall–Kier alpha value is -2.51. The van der Waals surface area contributed by atoms with Crippen molar-refractivity contribution in [2.45, 2.75) is 69.0 Å². The van der Waals surface area contributed by atoms with Gasteiger partial charge in [-0.3, -0.25) is 9.59 Å². The van der Waals surface area contributed by atoms with Crippen LogP contribution in [0.5, 0.6) is 5.75 Å². The van der Waals surface area contributed by atoms with Gasteiger partial charge in [-0.1, -0.05) is 32.0 Å². The van der Waals surface area contributed by atoms with Gasteiger partial charge >= 0.3 is 0 Å². The molecule has 2 aliphatic rings. The monoisotopic (exact) mass is 690 g/mol. The number of carbonyl (C=O) groups is 2. The highest BCUT2D eigenvalue weighted by Crippen LogP contribution is 2.32. The number of nitrogens with one attached hydrogen (secondary N) is 3. The fourth-order valence-corrected chi connectivity index (χ4v) is 8.63. The summed E-state index contributed by atoms with van der Waals surface area (Å²) >= 11 is 4.90. The van der Waals surface area contributed by atoms with E-state index < -0.39 is 16.1 Å². The van der Waals surface area contributed by atoms with E-state index >= 15 is 0 Å². The van der Waals surface area contributed by atoms with E-state index in [0.29, 0.717) is 47.5 Å². The molecular formula is C31H39BrN4O5S2. The van der Waals surface area contributed by atoms with Gasteiger partial charge in [-0.2, -0.15) is 4.31 Å². The lowest BCUT2D eigenvalue weighted by Crippen LogP contribution is -2.53. The van der Waals surface area contributed by atoms with Crippen molar-refractivity contribution in [3.05, 3.63) is 57.9 Å². The molecule has 43 heavy (non-hydrogen) atoms. The number of halogens is 1. The molecule has 9 nitrogen and oxygen atoms in total. The van der Waals surface area contributed by atoms with E-state index in [1.807, 2.05) is 44.2 Å². The predicted molar refractivity (Wildman–Crippen MR) is 173 cm³/mol. The average Bonchev–Trinajstić information content (AvgIpc) is 3.43. The van der Waals surface area contributed by atoms with Crippen LogP contribution in [0.3, 0.4) is 0 Å². The summed E-state index contributed by atoms with van der Waals surface area (Å²) in [6.07, 6.45) is 3.41. The first-order chi connectivity index (χ1) is 20.6. The van der Waals surface area contributed by atoms with Crippen LogP contribution in [-0.4, -0.2) is 68.9 Å². The number of hydrogen-bond donors (Lipinski definition) is 3. The first kappa shape index (κ1) is 31.9. The fraction of sp³-hybridized carbons (Fsp3) is 0.484. The average molecular weight is 692 g/mol. The van der Waals surface area contributed by atoms with Crippen molar-refractivity contribution in [3.63, 3.8) is 0 Å². The lowest BCUT2D eigenvalue weighted by atomic mass is 10.0. The second-order valence-electron chi connectivity index (χ2n) is 11.7. The molecule has 0 bridgehead atoms. The Balaban J connectivity index is 1.17. The molecule has 0 aliphatic carbocycles. The number of carbonyl (C=O) groups excluding carboxylic acids is 2. The van der Waals surface area contributed by atoms with Gasteiger partial charge in [0.2, 0.25) is 15.9 Å². The second-order valence-corrected chi connectivity index (χ2v) is 15.5. The second kappa shape index (κ2) is 14.1. The van der Waals surface area contributed by atoms with Crippen LogP contribution in [0.1, 0.15) is 55.6 Å². The zero-order chi connectivity index (χ0) is 30.6. The summed E-state index contributed by atoms with van der Waals surface area (Å²) in [5.74, 6) is 0.336. The number of amides is 2. The number of sulfonamides is 1. The van der Waals surface area contributed by atoms with Gasteiger partial charge in [-0.05, 0) is 103 Å². The van der Waals surface area contributed by atoms with E-state index in [9.17, 15) is 18.0 Å². The number of benzene rings is 2. The van der Waals surface area contributed by atoms with Crippen LogP contribution < -0.4 is 20.7 Å². The standard InChI is InChI=1S/C31H39BrN4O5S2/c1-20(2)17-26(35-31(38)29-18-21-5-3-4-6-28(21)42-29)30(37)34-22-11-15-36(16-12-22)43(39,40)24-7-8-27(25(32)19-24)41-23-9-13-33-14-10-23/h3-8,18-20,22-23,26,33H,9-17H2,1-2H3,(H,34,37)(H,35,38). The highest BCUT2D eigenvalue weighted by molar-refractivity contribution is 9.10. The zero-order valence-corrected chi connectivity index (χ0v) is 27.7. The molecule has 2 amide bonds. The number of rotatable bonds is 10. The van der Waals surface area contributed by atoms with Crippen molar-refractivity contribution >= 4 is 59.2 Å². The minimum Gasteiger partial charge on any atom is -0.489 e. The highest BCUT2D eigenvalue weighted by atomic mass is 79.9. The van der Waals surface area contributed by atoms with Crippen LogP contribution in [0, 0.1) is 5.92 Å². The van der Waals surface area contributed by atoms with Gasteiger partial charge in [0.15, 0.2) is 0 Å². The summed E-state index contributed by atoms with van der Waals surface area (Å²) in [5, 5.41) is 10.3. The Kier molecular flexibility index (Phi) is 10.4. The van der Waals surface area contributed by atoms with Crippen molar-refractivity contribution in [3.8, 4) is 5.75 Å². The van der Waals surface area contributed by atoms with Crippen molar-refractivity contribution < 1.29 is 22.7 Å². The minimum absolute atomic E-state index is 0.110. The number of fused-ring (bicyclic) bond motifs is 1. The van der Waals surface area contributed by atoms with Crippen LogP contribution in [0.25, 0.3) is 10.1 Å². The summed E-state index contributed by atoms with van der Waals surface area (Å²) in [6.45, 7) is 6.43. The Labute approximate surface area is 265 Å². The summed E-state index contributed by atoms with van der Waals surface area (Å²) in [4.78, 5) is 27.2. The number of hydrogen-bond acceptors (Lipinski definition) is 7. The van der Waals surface area contributed by atoms with Gasteiger partial charge in [-0.15, -0.1) is 11.3 Å². The van der Waals surface area contributed by atoms with E-state index in [-0.39, 0.29) is 34.8 Å². The maximum absolute atomic E-state index is 13.4. The highest BCUT2D eigenvalue weighted by Gasteiger charge is 2.32. The summed E-state index contributed by atoms with van der Waals surface area (Å²) in [5.41, 5.74) is 0. The first-order valence-electron chi connectivity index (χ1n) is 14.9. The van der Waals surface area contributed by atoms with Gasteiger partial charge in [-0.25, -0.2) is 8.42 Å². The minimum atomic E-state index is -3.71. The van der Waals surface area contributed by atoms with E-state index in [0.717, 1.165) is 36.0 Å². The molecule has 1 unspecified atom stereocenters. The normalized spacial score (nSPS) is 18.0. The van der Waals surface area contributed by atoms with E-state index in [1.165, 1.54) is 15.6 Å². The fourth-order valence-electron chi connectivity index (χ4n) is 5.55. The van der Waals surface area contributed by atoms with Crippen LogP contribution in [0.4, 0.5) is 0 Å². The quantitative estimate of drug-likeness (QED) is 0.279. The van der Waals surface area contributed by atoms with Gasteiger partial charge in [0.25, 0.3) is 5.91 Å². The Morgan fingerprint density at radius 2 is 1.79 bits per heavy atom. The Morgan fingerprint density at radius 1 is 1.07 bits per heavy atom. The number of piperidine rings is 2. The van der Waals surface area contributed by atoms with Crippen molar-refractivity contribution in [2.24, 2.45) is 5.92 Å². The predicted octanol–water partition coefficient (Wildman–Crippen LogP) is 4.91. The van der Waals surface area contributed by atoms with Crippen molar-refractivity contribution in [1.82, 2.24) is 20.3 Å². The molecule has 2 saturated heterocycles. The molecule has 0 radical (unpaired) electrons. The van der Waals surface area contributed by atoms with Gasteiger partial charge < -0.3 is 20.7 Å². The molecule has 2 aromatic carbocycles. The largest absolute Gasteiger partial charge is 0.489 e. The molecule has 12 heteroatoms. The third-order valence-electron chi connectivity index (χ3n) is 7.90. The lowest BCUT2D eigenvalue weighted by Gasteiger charge is -2.32. The Bertz CT molecular complexity index is 1510. The summed E-state index contributed by atoms with van der Waals surface area (Å²) in [7, 11) is -3.71. The molecule has 1 aromatic heterocycles. The third kappa shape index (κ3) is 7.96. The maximum Gasteiger partial charge on any atom is 0.262 e. The number of ether oxygens (including phenoxy) is 1. The topological polar surface area (TPSA) is 117 Å². The third-order valence-corrected chi connectivity index (χ3v) is 11.5. The van der Waals surface area contributed by atoms with Gasteiger partial charge in [0, 0.05) is 23.8 Å². The van der Waals surface area contributed by atoms with Gasteiger partial charge in [0.1, 0.15) is 17.9 Å². The van der Waals surface area contributed by atoms with Crippen LogP contribution in [0.2, 0.25) is 0 Å². The number of thiophene rings is 1. The molecule has 3 heterocycles. The van der Waals surface area contributed by atoms with Crippen molar-refractivity contribution in [1.29, 1.82) is 0 Å². The van der Waals surface area contributed by atoms with E-state index in [2.05, 4.69) is 31.9 Å². The molecule has 3 aromatic rings. The smallest absolute Gasteiger partial charge is 0.262 e. The zero-order valence-electron chi connectivity index (χ0n) is 24.5.